The summed E-state index contributed by atoms with van der Waals surface area (Å²) in [4.78, 5) is 204. The van der Waals surface area contributed by atoms with Crippen LogP contribution in [0.25, 0.3) is 0 Å². The Kier molecular flexibility index (Phi) is 36.2. The van der Waals surface area contributed by atoms with Crippen molar-refractivity contribution in [3.63, 3.8) is 0 Å². The molecule has 586 valence electrons. The quantitative estimate of drug-likeness (QED) is 0.109. The van der Waals surface area contributed by atoms with Gasteiger partial charge in [0.15, 0.2) is 5.78 Å². The van der Waals surface area contributed by atoms with E-state index < -0.39 is 175 Å². The minimum atomic E-state index is -1.68. The number of likely N-dealkylation sites (tertiary alicyclic amines) is 1. The molecular formula is C78H124N12O15. The van der Waals surface area contributed by atoms with Crippen molar-refractivity contribution in [1.82, 2.24) is 60.5 Å². The molecule has 105 heavy (non-hydrogen) atoms. The number of nitrogens with one attached hydrogen (secondary N) is 4. The number of carbonyl (C=O) groups excluding carboxylic acids is 13. The molecular weight excluding hydrogens is 1340 g/mol. The van der Waals surface area contributed by atoms with Gasteiger partial charge >= 0.3 is 0 Å². The van der Waals surface area contributed by atoms with Gasteiger partial charge < -0.3 is 70.3 Å². The van der Waals surface area contributed by atoms with Crippen LogP contribution in [0.2, 0.25) is 0 Å². The number of carbonyl (C=O) groups is 13. The number of likely N-dealkylation sites (N-methyl/N-ethyl adjacent to an activating group) is 5. The highest BCUT2D eigenvalue weighted by Crippen LogP contribution is 2.24. The lowest BCUT2D eigenvalue weighted by atomic mass is 9.90. The molecule has 0 unspecified atom stereocenters. The lowest BCUT2D eigenvalue weighted by Crippen LogP contribution is -2.62. The molecule has 27 nitrogen and oxygen atoms in total. The summed E-state index contributed by atoms with van der Waals surface area (Å²) in [5.41, 5.74) is 0.852. The van der Waals surface area contributed by atoms with Crippen molar-refractivity contribution in [2.24, 2.45) is 23.2 Å². The van der Waals surface area contributed by atoms with Gasteiger partial charge in [0.2, 0.25) is 70.9 Å². The molecule has 27 heteroatoms. The van der Waals surface area contributed by atoms with Crippen molar-refractivity contribution < 1.29 is 72.2 Å². The molecule has 0 saturated carbocycles. The number of hydrogen-bond donors (Lipinski definition) is 5. The molecule has 5 N–H and O–H groups in total. The first-order valence-electron chi connectivity index (χ1n) is 37.6. The maximum atomic E-state index is 15.5. The summed E-state index contributed by atoms with van der Waals surface area (Å²) in [5, 5.41) is 22.7. The fraction of sp³-hybridized carbons (Fsp3) is 0.679. The van der Waals surface area contributed by atoms with Crippen LogP contribution in [0.15, 0.2) is 60.7 Å². The van der Waals surface area contributed by atoms with Crippen LogP contribution in [0.3, 0.4) is 0 Å². The fourth-order valence-corrected chi connectivity index (χ4v) is 13.0. The van der Waals surface area contributed by atoms with Crippen LogP contribution in [0, 0.1) is 23.2 Å². The van der Waals surface area contributed by atoms with Gasteiger partial charge in [-0.3, -0.25) is 62.3 Å². The number of ketones is 1. The number of nitrogens with zero attached hydrogens (tertiary/aromatic N) is 8. The molecule has 4 rings (SSSR count). The number of aliphatic hydroxyl groups is 1. The van der Waals surface area contributed by atoms with Crippen LogP contribution >= 0.6 is 0 Å². The van der Waals surface area contributed by atoms with E-state index in [0.29, 0.717) is 62.7 Å². The number of rotatable bonds is 22. The van der Waals surface area contributed by atoms with Crippen molar-refractivity contribution in [3.05, 3.63) is 71.8 Å². The smallest absolute Gasteiger partial charge is 0.248 e. The van der Waals surface area contributed by atoms with Gasteiger partial charge in [0.05, 0.1) is 32.2 Å². The Balaban J connectivity index is 2.00. The highest BCUT2D eigenvalue weighted by molar-refractivity contribution is 6.00. The molecule has 2 aliphatic rings. The second kappa shape index (κ2) is 42.7. The molecule has 2 fully saturated rings. The lowest BCUT2D eigenvalue weighted by Gasteiger charge is -2.37. The van der Waals surface area contributed by atoms with Crippen LogP contribution in [0.5, 0.6) is 0 Å². The first-order valence-corrected chi connectivity index (χ1v) is 37.6. The van der Waals surface area contributed by atoms with E-state index in [1.54, 1.807) is 79.4 Å². The Labute approximate surface area is 623 Å². The van der Waals surface area contributed by atoms with Gasteiger partial charge in [0, 0.05) is 80.7 Å². The molecule has 2 aromatic carbocycles. The fourth-order valence-electron chi connectivity index (χ4n) is 13.0. The minimum Gasteiger partial charge on any atom is -0.391 e. The molecule has 0 aromatic heterocycles. The van der Waals surface area contributed by atoms with Gasteiger partial charge in [-0.25, -0.2) is 0 Å². The van der Waals surface area contributed by atoms with Gasteiger partial charge in [-0.1, -0.05) is 150 Å². The van der Waals surface area contributed by atoms with Gasteiger partial charge in [-0.2, -0.15) is 0 Å². The van der Waals surface area contributed by atoms with Crippen LogP contribution in [0.1, 0.15) is 172 Å². The number of unbranched alkanes of at least 4 members (excludes halogenated alkanes) is 1. The highest BCUT2D eigenvalue weighted by atomic mass is 16.5. The standard InChI is InChI=1S/C78H124N12O15/c1-19-22-37-89-46-65(94)84(15)62(42-55-32-26-23-27-33-55)72(99)81-67(52(8)21-3)76(103)87(18)61(41-51(6)7)71(98)82-68(54(10)91)77(104)90(36-20-2)47-66(95)85(16)63(43-56-34-28-24-29-35-56)75(102)86(17)60(40-50(4)5)70(97)80-59(49-105-48-57(92)45-78(11,12)13)73(100)83(14)53(9)69(96)79-58(44-64(89)93)74(101)88-38-30-25-31-39-88/h23-24,26-29,32-35,50-54,58-63,67-68,91H,19-22,25,30-31,36-49H2,1-18H3,(H,79,96)(H,80,97)(H,81,99)(H,82,98)/t52-,53-,54+,58-,59-,60-,61-,62-,63-,67-,68-/m0/s1. The Morgan fingerprint density at radius 2 is 1.04 bits per heavy atom. The summed E-state index contributed by atoms with van der Waals surface area (Å²) < 4.78 is 5.92. The predicted molar refractivity (Wildman–Crippen MR) is 400 cm³/mol. The average Bonchev–Trinajstić information content (AvgIpc) is 0.823. The highest BCUT2D eigenvalue weighted by Gasteiger charge is 2.43. The second-order valence-electron chi connectivity index (χ2n) is 30.8. The third kappa shape index (κ3) is 27.2. The van der Waals surface area contributed by atoms with E-state index in [0.717, 1.165) is 11.3 Å². The molecule has 12 amide bonds. The maximum Gasteiger partial charge on any atom is 0.248 e. The Morgan fingerprint density at radius 1 is 0.543 bits per heavy atom. The molecule has 2 heterocycles. The summed E-state index contributed by atoms with van der Waals surface area (Å²) in [6.07, 6.45) is 1.69. The lowest BCUT2D eigenvalue weighted by molar-refractivity contribution is -0.151. The first kappa shape index (κ1) is 89.1. The molecule has 0 radical (unpaired) electrons. The van der Waals surface area contributed by atoms with E-state index in [1.165, 1.54) is 78.5 Å². The number of Topliss-reactive ketones (excluding diaryl/α,β-unsaturated/α-hetero) is 1. The molecule has 2 saturated heterocycles. The monoisotopic (exact) mass is 1470 g/mol. The van der Waals surface area contributed by atoms with E-state index in [-0.39, 0.29) is 62.8 Å². The molecule has 11 atom stereocenters. The number of amides is 12. The van der Waals surface area contributed by atoms with E-state index in [4.69, 9.17) is 4.74 Å². The summed E-state index contributed by atoms with van der Waals surface area (Å²) in [5.74, 6) is -10.4. The van der Waals surface area contributed by atoms with Gasteiger partial charge in [-0.05, 0) is 93.1 Å². The van der Waals surface area contributed by atoms with Crippen LogP contribution < -0.4 is 21.3 Å². The van der Waals surface area contributed by atoms with Crippen molar-refractivity contribution in [2.75, 3.05) is 87.7 Å². The predicted octanol–water partition coefficient (Wildman–Crippen LogP) is 4.39. The normalized spacial score (nSPS) is 24.0. The van der Waals surface area contributed by atoms with Crippen molar-refractivity contribution >= 4 is 76.7 Å². The van der Waals surface area contributed by atoms with Crippen molar-refractivity contribution in [2.45, 2.75) is 234 Å². The van der Waals surface area contributed by atoms with Crippen LogP contribution in [-0.2, 0) is 79.9 Å². The molecule has 0 bridgehead atoms. The number of piperidine rings is 1. The molecule has 0 aliphatic carbocycles. The average molecular weight is 1470 g/mol. The SMILES string of the molecule is CCCCN1CC(=O)N(C)[C@@H](Cc2ccccc2)C(=O)N[C@@H]([C@@H](C)CC)C(=O)N(C)[C@@H](CC(C)C)C(=O)N[C@@H]([C@@H](C)O)C(=O)N(CCC)CC(=O)N(C)[C@@H](Cc2ccccc2)C(=O)N(C)[C@@H](CC(C)C)C(=O)N[C@@H](COCC(=O)CC(C)(C)C)C(=O)N(C)[C@@H](C)C(=O)N[C@H](C(=O)N2CCCCC2)CC1=O. The van der Waals surface area contributed by atoms with Crippen LogP contribution in [0.4, 0.5) is 0 Å². The number of ether oxygens (including phenoxy) is 1. The number of hydrogen-bond acceptors (Lipinski definition) is 15. The van der Waals surface area contributed by atoms with Gasteiger partial charge in [-0.15, -0.1) is 0 Å². The number of benzene rings is 2. The Morgan fingerprint density at radius 3 is 1.54 bits per heavy atom. The first-order chi connectivity index (χ1) is 49.4. The van der Waals surface area contributed by atoms with E-state index >= 15 is 28.8 Å². The van der Waals surface area contributed by atoms with Gasteiger partial charge in [0.1, 0.15) is 61.0 Å². The number of aliphatic hydroxyl groups excluding tert-OH is 1. The summed E-state index contributed by atoms with van der Waals surface area (Å²) in [6.45, 7) is 21.3. The largest absolute Gasteiger partial charge is 0.391 e. The Bertz CT molecular complexity index is 3230. The zero-order chi connectivity index (χ0) is 78.7. The van der Waals surface area contributed by atoms with Crippen LogP contribution in [-0.4, -0.2) is 269 Å². The minimum absolute atomic E-state index is 0.0210. The zero-order valence-corrected chi connectivity index (χ0v) is 65.9. The van der Waals surface area contributed by atoms with Crippen molar-refractivity contribution in [3.8, 4) is 0 Å². The Hall–Kier alpha value is -8.33. The zero-order valence-electron chi connectivity index (χ0n) is 65.9. The summed E-state index contributed by atoms with van der Waals surface area (Å²) in [7, 11) is 6.92. The maximum absolute atomic E-state index is 15.5. The van der Waals surface area contributed by atoms with Crippen molar-refractivity contribution in [1.29, 1.82) is 0 Å². The van der Waals surface area contributed by atoms with E-state index in [2.05, 4.69) is 21.3 Å². The molecule has 2 aromatic rings. The summed E-state index contributed by atoms with van der Waals surface area (Å²) in [6, 6.07) is 4.91. The third-order valence-electron chi connectivity index (χ3n) is 19.8. The molecule has 2 aliphatic heterocycles. The van der Waals surface area contributed by atoms with E-state index in [1.807, 2.05) is 62.3 Å². The van der Waals surface area contributed by atoms with E-state index in [9.17, 15) is 38.7 Å². The third-order valence-corrected chi connectivity index (χ3v) is 19.8. The van der Waals surface area contributed by atoms with Gasteiger partial charge in [0.25, 0.3) is 0 Å². The topological polar surface area (TPSA) is 325 Å². The summed E-state index contributed by atoms with van der Waals surface area (Å²) >= 11 is 0. The second-order valence-corrected chi connectivity index (χ2v) is 30.8. The molecule has 0 spiro atoms.